The topological polar surface area (TPSA) is 291 Å². The quantitative estimate of drug-likeness (QED) is 0.101. The fourth-order valence-electron chi connectivity index (χ4n) is 8.77. The first-order chi connectivity index (χ1) is 29.1. The summed E-state index contributed by atoms with van der Waals surface area (Å²) in [5.74, 6) is -7.46. The average molecular weight is 835 g/mol. The van der Waals surface area contributed by atoms with E-state index >= 15 is 0 Å². The van der Waals surface area contributed by atoms with Crippen LogP contribution in [0, 0.1) is 0 Å². The van der Waals surface area contributed by atoms with Crippen LogP contribution in [0.1, 0.15) is 74.7 Å². The third-order valence-electron chi connectivity index (χ3n) is 11.6. The van der Waals surface area contributed by atoms with E-state index < -0.39 is 94.5 Å². The molecule has 8 atom stereocenters. The summed E-state index contributed by atoms with van der Waals surface area (Å²) in [5.41, 5.74) is 0.842. The molecule has 0 fully saturated rings. The van der Waals surface area contributed by atoms with Crippen molar-refractivity contribution >= 4 is 0 Å². The molecule has 13 N–H and O–H groups in total. The molecule has 0 radical (unpaired) electrons. The van der Waals surface area contributed by atoms with Crippen LogP contribution in [0.15, 0.2) is 91.0 Å². The summed E-state index contributed by atoms with van der Waals surface area (Å²) in [7, 11) is 0. The normalized spacial score (nSPS) is 24.0. The Morgan fingerprint density at radius 2 is 0.754 bits per heavy atom. The second-order valence-corrected chi connectivity index (χ2v) is 15.3. The molecule has 314 valence electrons. The van der Waals surface area contributed by atoms with Gasteiger partial charge in [0.1, 0.15) is 58.6 Å². The molecule has 3 heterocycles. The lowest BCUT2D eigenvalue weighted by Gasteiger charge is -2.46. The van der Waals surface area contributed by atoms with E-state index in [1.165, 1.54) is 72.8 Å². The molecular weight excluding hydrogens is 796 g/mol. The van der Waals surface area contributed by atoms with E-state index in [2.05, 4.69) is 0 Å². The van der Waals surface area contributed by atoms with Crippen LogP contribution in [0.3, 0.4) is 0 Å². The lowest BCUT2D eigenvalue weighted by molar-refractivity contribution is -0.0171. The van der Waals surface area contributed by atoms with E-state index in [0.717, 1.165) is 18.2 Å². The van der Waals surface area contributed by atoms with Gasteiger partial charge in [0.15, 0.2) is 46.7 Å². The number of ether oxygens (including phenoxy) is 3. The van der Waals surface area contributed by atoms with Crippen molar-refractivity contribution in [1.82, 2.24) is 0 Å². The van der Waals surface area contributed by atoms with Crippen molar-refractivity contribution in [3.05, 3.63) is 136 Å². The lowest BCUT2D eigenvalue weighted by Crippen LogP contribution is -2.41. The summed E-state index contributed by atoms with van der Waals surface area (Å²) < 4.78 is 20.1. The number of phenols is 10. The maximum atomic E-state index is 12.5. The Hall–Kier alpha value is -7.40. The maximum absolute atomic E-state index is 12.5. The molecule has 0 unspecified atom stereocenters. The molecule has 6 aromatic rings. The van der Waals surface area contributed by atoms with Gasteiger partial charge in [0.2, 0.25) is 0 Å². The molecule has 0 saturated carbocycles. The van der Waals surface area contributed by atoms with Gasteiger partial charge in [-0.2, -0.15) is 0 Å². The second kappa shape index (κ2) is 14.4. The van der Waals surface area contributed by atoms with Crippen molar-refractivity contribution in [2.75, 3.05) is 0 Å². The molecule has 3 aliphatic heterocycles. The molecule has 3 aliphatic rings. The molecule has 6 aromatic carbocycles. The van der Waals surface area contributed by atoms with Crippen LogP contribution in [0.5, 0.6) is 74.7 Å². The predicted molar refractivity (Wildman–Crippen MR) is 211 cm³/mol. The van der Waals surface area contributed by atoms with Crippen molar-refractivity contribution in [3.8, 4) is 74.7 Å². The number of hydrogen-bond donors (Lipinski definition) is 13. The molecule has 0 spiro atoms. The first kappa shape index (κ1) is 39.1. The van der Waals surface area contributed by atoms with E-state index in [1.807, 2.05) is 0 Å². The zero-order valence-corrected chi connectivity index (χ0v) is 31.5. The standard InChI is InChI=1S/C45H38O16/c46-20-4-6-22(28(51)14-20)34-36-43-24(16-33(56)40(59-43)17-1-8-25(48)30(53)11-17)44-37(45(36)61-42(39(34)58)19-3-10-27(50)32(55)13-19)35(23-7-5-21(47)15-29(23)52)38(57)41(60-44)18-2-9-26(49)31(54)12-18/h1-15,33-35,38-42,46-58H,16H2/t33-,34-,35-,38-,39-,40-,41+,42+/m0/s1. The van der Waals surface area contributed by atoms with E-state index in [-0.39, 0.29) is 79.7 Å². The largest absolute Gasteiger partial charge is 0.508 e. The highest BCUT2D eigenvalue weighted by atomic mass is 16.5. The third kappa shape index (κ3) is 6.35. The van der Waals surface area contributed by atoms with Crippen LogP contribution in [0.2, 0.25) is 0 Å². The molecule has 0 amide bonds. The van der Waals surface area contributed by atoms with Crippen molar-refractivity contribution < 1.29 is 80.6 Å². The summed E-state index contributed by atoms with van der Waals surface area (Å²) in [6.07, 6.45) is -9.06. The zero-order chi connectivity index (χ0) is 43.2. The van der Waals surface area contributed by atoms with E-state index in [1.54, 1.807) is 0 Å². The number of phenolic OH excluding ortho intramolecular Hbond substituents is 10. The Labute approximate surface area is 345 Å². The fourth-order valence-corrected chi connectivity index (χ4v) is 8.77. The Morgan fingerprint density at radius 1 is 0.377 bits per heavy atom. The predicted octanol–water partition coefficient (Wildman–Crippen LogP) is 5.03. The minimum atomic E-state index is -1.66. The molecule has 0 bridgehead atoms. The summed E-state index contributed by atoms with van der Waals surface area (Å²) in [5, 5.41) is 143. The van der Waals surface area contributed by atoms with Gasteiger partial charge < -0.3 is 80.6 Å². The van der Waals surface area contributed by atoms with Crippen LogP contribution in [-0.4, -0.2) is 84.7 Å². The van der Waals surface area contributed by atoms with Crippen LogP contribution in [0.4, 0.5) is 0 Å². The second-order valence-electron chi connectivity index (χ2n) is 15.3. The number of fused-ring (bicyclic) bond motifs is 6. The Morgan fingerprint density at radius 3 is 1.15 bits per heavy atom. The fraction of sp³-hybridized carbons (Fsp3) is 0.200. The molecule has 16 heteroatoms. The van der Waals surface area contributed by atoms with Gasteiger partial charge in [-0.25, -0.2) is 0 Å². The average Bonchev–Trinajstić information content (AvgIpc) is 3.21. The van der Waals surface area contributed by atoms with Crippen molar-refractivity contribution in [3.63, 3.8) is 0 Å². The highest BCUT2D eigenvalue weighted by molar-refractivity contribution is 5.72. The Bertz CT molecular complexity index is 2650. The summed E-state index contributed by atoms with van der Waals surface area (Å²) in [4.78, 5) is 0. The van der Waals surface area contributed by atoms with Crippen molar-refractivity contribution in [2.45, 2.75) is 54.9 Å². The smallest absolute Gasteiger partial charge is 0.157 e. The van der Waals surface area contributed by atoms with Gasteiger partial charge in [0, 0.05) is 58.2 Å². The van der Waals surface area contributed by atoms with E-state index in [4.69, 9.17) is 14.2 Å². The van der Waals surface area contributed by atoms with Gasteiger partial charge in [0.25, 0.3) is 0 Å². The number of aliphatic hydroxyl groups excluding tert-OH is 3. The van der Waals surface area contributed by atoms with Gasteiger partial charge in [-0.05, 0) is 65.2 Å². The monoisotopic (exact) mass is 834 g/mol. The molecule has 61 heavy (non-hydrogen) atoms. The number of benzene rings is 6. The van der Waals surface area contributed by atoms with Gasteiger partial charge >= 0.3 is 0 Å². The Kier molecular flexibility index (Phi) is 9.23. The first-order valence-corrected chi connectivity index (χ1v) is 19.0. The molecule has 9 rings (SSSR count). The third-order valence-corrected chi connectivity index (χ3v) is 11.6. The lowest BCUT2D eigenvalue weighted by atomic mass is 9.72. The highest BCUT2D eigenvalue weighted by Crippen LogP contribution is 2.63. The highest BCUT2D eigenvalue weighted by Gasteiger charge is 2.52. The van der Waals surface area contributed by atoms with Crippen LogP contribution < -0.4 is 14.2 Å². The minimum Gasteiger partial charge on any atom is -0.508 e. The van der Waals surface area contributed by atoms with Crippen LogP contribution in [0.25, 0.3) is 0 Å². The van der Waals surface area contributed by atoms with Gasteiger partial charge in [-0.3, -0.25) is 0 Å². The van der Waals surface area contributed by atoms with Gasteiger partial charge in [-0.15, -0.1) is 0 Å². The van der Waals surface area contributed by atoms with Crippen LogP contribution >= 0.6 is 0 Å². The van der Waals surface area contributed by atoms with Gasteiger partial charge in [-0.1, -0.05) is 30.3 Å². The first-order valence-electron chi connectivity index (χ1n) is 19.0. The molecular formula is C45H38O16. The van der Waals surface area contributed by atoms with E-state index in [9.17, 15) is 66.4 Å². The van der Waals surface area contributed by atoms with Crippen molar-refractivity contribution in [1.29, 1.82) is 0 Å². The number of hydrogen-bond acceptors (Lipinski definition) is 16. The Balaban J connectivity index is 1.39. The molecule has 0 aromatic heterocycles. The summed E-state index contributed by atoms with van der Waals surface area (Å²) in [6, 6.07) is 18.7. The molecule has 0 aliphatic carbocycles. The number of rotatable bonds is 5. The number of aromatic hydroxyl groups is 10. The minimum absolute atomic E-state index is 0.0392. The van der Waals surface area contributed by atoms with Crippen molar-refractivity contribution in [2.24, 2.45) is 0 Å². The molecule has 0 saturated heterocycles. The molecule has 16 nitrogen and oxygen atoms in total. The SMILES string of the molecule is Oc1ccc([C@H]2c3c(c4c(c5c3O[C@H](c3ccc(O)c(O)c3)[C@@H](O)[C@H]5c3ccc(O)cc3O)O[C@@H](c3ccc(O)c(O)c3)[C@@H](O)C4)O[C@H](c3ccc(O)c(O)c3)[C@H]2O)c(O)c1. The van der Waals surface area contributed by atoms with E-state index in [0.29, 0.717) is 0 Å². The maximum Gasteiger partial charge on any atom is 0.157 e. The number of aliphatic hydroxyl groups is 3. The zero-order valence-electron chi connectivity index (χ0n) is 31.5. The summed E-state index contributed by atoms with van der Waals surface area (Å²) in [6.45, 7) is 0. The van der Waals surface area contributed by atoms with Gasteiger partial charge in [0.05, 0.1) is 6.10 Å². The van der Waals surface area contributed by atoms with Crippen LogP contribution in [-0.2, 0) is 6.42 Å². The summed E-state index contributed by atoms with van der Waals surface area (Å²) >= 11 is 0.